The van der Waals surface area contributed by atoms with Gasteiger partial charge in [-0.05, 0) is 19.0 Å². The Morgan fingerprint density at radius 1 is 1.50 bits per heavy atom. The number of aryl methyl sites for hydroxylation is 1. The third kappa shape index (κ3) is 2.50. The van der Waals surface area contributed by atoms with Crippen molar-refractivity contribution < 1.29 is 9.66 Å². The van der Waals surface area contributed by atoms with Crippen molar-refractivity contribution in [2.24, 2.45) is 5.41 Å². The Hall–Kier alpha value is -1.62. The van der Waals surface area contributed by atoms with E-state index in [0.29, 0.717) is 11.8 Å². The molecule has 0 heterocycles. The zero-order valence-electron chi connectivity index (χ0n) is 12.5. The highest BCUT2D eigenvalue weighted by Gasteiger charge is 2.50. The predicted octanol–water partition coefficient (Wildman–Crippen LogP) is 3.06. The van der Waals surface area contributed by atoms with E-state index in [-0.39, 0.29) is 22.1 Å². The molecular formula is C15H22N2O3. The average molecular weight is 278 g/mol. The molecule has 0 spiro atoms. The number of ether oxygens (including phenoxy) is 1. The summed E-state index contributed by atoms with van der Waals surface area (Å²) in [5.41, 5.74) is 0.834. The van der Waals surface area contributed by atoms with Crippen molar-refractivity contribution in [1.29, 1.82) is 0 Å². The second kappa shape index (κ2) is 5.40. The Morgan fingerprint density at radius 3 is 2.75 bits per heavy atom. The van der Waals surface area contributed by atoms with Crippen LogP contribution in [0, 0.1) is 22.5 Å². The van der Waals surface area contributed by atoms with Crippen LogP contribution >= 0.6 is 0 Å². The van der Waals surface area contributed by atoms with Gasteiger partial charge in [-0.3, -0.25) is 10.1 Å². The molecule has 20 heavy (non-hydrogen) atoms. The van der Waals surface area contributed by atoms with Gasteiger partial charge in [-0.2, -0.15) is 0 Å². The number of hydrogen-bond acceptors (Lipinski definition) is 4. The molecule has 2 atom stereocenters. The van der Waals surface area contributed by atoms with Gasteiger partial charge in [-0.1, -0.05) is 32.9 Å². The summed E-state index contributed by atoms with van der Waals surface area (Å²) in [5.74, 6) is 0.408. The van der Waals surface area contributed by atoms with E-state index in [1.165, 1.54) is 6.07 Å². The van der Waals surface area contributed by atoms with Crippen molar-refractivity contribution in [2.45, 2.75) is 46.3 Å². The summed E-state index contributed by atoms with van der Waals surface area (Å²) in [7, 11) is 0. The number of nitro groups is 1. The molecule has 110 valence electrons. The summed E-state index contributed by atoms with van der Waals surface area (Å²) >= 11 is 0. The zero-order valence-corrected chi connectivity index (χ0v) is 12.5. The molecule has 0 amide bonds. The number of benzene rings is 1. The van der Waals surface area contributed by atoms with E-state index in [9.17, 15) is 10.1 Å². The van der Waals surface area contributed by atoms with Crippen LogP contribution in [0.5, 0.6) is 5.75 Å². The lowest BCUT2D eigenvalue weighted by Crippen LogP contribution is -2.62. The minimum absolute atomic E-state index is 0.00588. The number of nitrogens with zero attached hydrogens (tertiary/aromatic N) is 1. The van der Waals surface area contributed by atoms with Crippen molar-refractivity contribution in [3.63, 3.8) is 0 Å². The zero-order chi connectivity index (χ0) is 14.9. The SMILES string of the molecule is CCNC1CC(Oc2c(C)cccc2[N+](=O)[O-])C1(C)C. The molecule has 1 fully saturated rings. The molecule has 5 heteroatoms. The Kier molecular flexibility index (Phi) is 3.99. The molecule has 5 nitrogen and oxygen atoms in total. The summed E-state index contributed by atoms with van der Waals surface area (Å²) in [5, 5.41) is 14.5. The van der Waals surface area contributed by atoms with Crippen LogP contribution in [-0.4, -0.2) is 23.6 Å². The van der Waals surface area contributed by atoms with Crippen molar-refractivity contribution >= 4 is 5.69 Å². The lowest BCUT2D eigenvalue weighted by atomic mass is 9.64. The second-order valence-electron chi connectivity index (χ2n) is 5.95. The van der Waals surface area contributed by atoms with Gasteiger partial charge in [0.2, 0.25) is 0 Å². The van der Waals surface area contributed by atoms with E-state index in [1.807, 2.05) is 13.0 Å². The molecule has 0 radical (unpaired) electrons. The molecule has 1 aromatic carbocycles. The van der Waals surface area contributed by atoms with Crippen LogP contribution < -0.4 is 10.1 Å². The Bertz CT molecular complexity index is 514. The van der Waals surface area contributed by atoms with Gasteiger partial charge in [0.25, 0.3) is 0 Å². The number of hydrogen-bond donors (Lipinski definition) is 1. The smallest absolute Gasteiger partial charge is 0.311 e. The monoisotopic (exact) mass is 278 g/mol. The molecule has 1 saturated carbocycles. The maximum absolute atomic E-state index is 11.1. The first kappa shape index (κ1) is 14.8. The molecule has 1 aromatic rings. The van der Waals surface area contributed by atoms with Crippen LogP contribution in [0.4, 0.5) is 5.69 Å². The lowest BCUT2D eigenvalue weighted by molar-refractivity contribution is -0.386. The minimum atomic E-state index is -0.379. The van der Waals surface area contributed by atoms with Gasteiger partial charge in [0.05, 0.1) is 4.92 Å². The third-order valence-corrected chi connectivity index (χ3v) is 4.28. The fourth-order valence-corrected chi connectivity index (χ4v) is 2.75. The van der Waals surface area contributed by atoms with E-state index in [1.54, 1.807) is 6.07 Å². The molecule has 2 unspecified atom stereocenters. The normalized spacial score (nSPS) is 24.0. The minimum Gasteiger partial charge on any atom is -0.483 e. The van der Waals surface area contributed by atoms with Gasteiger partial charge in [0, 0.05) is 23.9 Å². The fraction of sp³-hybridized carbons (Fsp3) is 0.600. The number of nitrogens with one attached hydrogen (secondary N) is 1. The van der Waals surface area contributed by atoms with Gasteiger partial charge in [-0.25, -0.2) is 0 Å². The van der Waals surface area contributed by atoms with E-state index in [2.05, 4.69) is 26.1 Å². The van der Waals surface area contributed by atoms with Crippen LogP contribution in [-0.2, 0) is 0 Å². The van der Waals surface area contributed by atoms with Gasteiger partial charge >= 0.3 is 5.69 Å². The van der Waals surface area contributed by atoms with Gasteiger partial charge in [0.15, 0.2) is 5.75 Å². The first-order valence-corrected chi connectivity index (χ1v) is 7.02. The summed E-state index contributed by atoms with van der Waals surface area (Å²) in [4.78, 5) is 10.7. The molecule has 0 aromatic heterocycles. The number of nitro benzene ring substituents is 1. The molecule has 0 saturated heterocycles. The summed E-state index contributed by atoms with van der Waals surface area (Å²) < 4.78 is 5.98. The van der Waals surface area contributed by atoms with Crippen molar-refractivity contribution in [3.05, 3.63) is 33.9 Å². The molecule has 2 rings (SSSR count). The highest BCUT2D eigenvalue weighted by Crippen LogP contribution is 2.45. The molecule has 1 N–H and O–H groups in total. The Morgan fingerprint density at radius 2 is 2.20 bits per heavy atom. The molecule has 1 aliphatic rings. The first-order valence-electron chi connectivity index (χ1n) is 7.02. The topological polar surface area (TPSA) is 64.4 Å². The molecule has 0 aliphatic heterocycles. The van der Waals surface area contributed by atoms with Crippen LogP contribution in [0.1, 0.15) is 32.8 Å². The van der Waals surface area contributed by atoms with Crippen LogP contribution in [0.3, 0.4) is 0 Å². The van der Waals surface area contributed by atoms with Crippen molar-refractivity contribution in [2.75, 3.05) is 6.54 Å². The van der Waals surface area contributed by atoms with Gasteiger partial charge < -0.3 is 10.1 Å². The average Bonchev–Trinajstić information content (AvgIpc) is 2.39. The number of para-hydroxylation sites is 1. The highest BCUT2D eigenvalue weighted by atomic mass is 16.6. The Labute approximate surface area is 119 Å². The third-order valence-electron chi connectivity index (χ3n) is 4.28. The molecular weight excluding hydrogens is 256 g/mol. The maximum Gasteiger partial charge on any atom is 0.311 e. The summed E-state index contributed by atoms with van der Waals surface area (Å²) in [6.45, 7) is 9.12. The molecule has 1 aliphatic carbocycles. The quantitative estimate of drug-likeness (QED) is 0.664. The van der Waals surface area contributed by atoms with Gasteiger partial charge in [0.1, 0.15) is 6.10 Å². The Balaban J connectivity index is 2.18. The maximum atomic E-state index is 11.1. The largest absolute Gasteiger partial charge is 0.483 e. The second-order valence-corrected chi connectivity index (χ2v) is 5.95. The highest BCUT2D eigenvalue weighted by molar-refractivity contribution is 5.51. The van der Waals surface area contributed by atoms with Crippen molar-refractivity contribution in [1.82, 2.24) is 5.32 Å². The standard InChI is InChI=1S/C15H22N2O3/c1-5-16-12-9-13(15(12,3)4)20-14-10(2)7-6-8-11(14)17(18)19/h6-8,12-13,16H,5,9H2,1-4H3. The van der Waals surface area contributed by atoms with Crippen LogP contribution in [0.25, 0.3) is 0 Å². The first-order chi connectivity index (χ1) is 9.37. The van der Waals surface area contributed by atoms with Gasteiger partial charge in [-0.15, -0.1) is 0 Å². The van der Waals surface area contributed by atoms with Crippen LogP contribution in [0.15, 0.2) is 18.2 Å². The van der Waals surface area contributed by atoms with E-state index >= 15 is 0 Å². The summed E-state index contributed by atoms with van der Waals surface area (Å²) in [6.07, 6.45) is 0.887. The van der Waals surface area contributed by atoms with E-state index in [4.69, 9.17) is 4.74 Å². The van der Waals surface area contributed by atoms with Crippen LogP contribution in [0.2, 0.25) is 0 Å². The van der Waals surface area contributed by atoms with E-state index < -0.39 is 0 Å². The van der Waals surface area contributed by atoms with Crippen molar-refractivity contribution in [3.8, 4) is 5.75 Å². The molecule has 0 bridgehead atoms. The predicted molar refractivity (Wildman–Crippen MR) is 78.1 cm³/mol. The number of rotatable bonds is 5. The lowest BCUT2D eigenvalue weighted by Gasteiger charge is -2.51. The summed E-state index contributed by atoms with van der Waals surface area (Å²) in [6, 6.07) is 5.43. The van der Waals surface area contributed by atoms with E-state index in [0.717, 1.165) is 18.5 Å². The fourth-order valence-electron chi connectivity index (χ4n) is 2.75.